The predicted octanol–water partition coefficient (Wildman–Crippen LogP) is 4.54. The first-order valence-electron chi connectivity index (χ1n) is 8.15. The van der Waals surface area contributed by atoms with Gasteiger partial charge in [-0.25, -0.2) is 4.39 Å². The summed E-state index contributed by atoms with van der Waals surface area (Å²) >= 11 is 5.84. The summed E-state index contributed by atoms with van der Waals surface area (Å²) in [7, 11) is 0. The van der Waals surface area contributed by atoms with Crippen molar-refractivity contribution in [3.63, 3.8) is 0 Å². The number of aromatic amines is 1. The molecular formula is C19H14ClFN4O2. The lowest BCUT2D eigenvalue weighted by molar-refractivity contribution is 0.563. The fraction of sp³-hybridized carbons (Fsp3) is 0.105. The Morgan fingerprint density at radius 2 is 2.19 bits per heavy atom. The number of aromatic nitrogens is 3. The molecule has 0 saturated carbocycles. The molecule has 1 atom stereocenters. The molecule has 0 aliphatic heterocycles. The van der Waals surface area contributed by atoms with E-state index in [4.69, 9.17) is 16.0 Å². The Morgan fingerprint density at radius 3 is 2.96 bits per heavy atom. The van der Waals surface area contributed by atoms with Crippen molar-refractivity contribution < 1.29 is 8.81 Å². The molecule has 0 aliphatic rings. The molecule has 1 aromatic carbocycles. The van der Waals surface area contributed by atoms with Crippen LogP contribution in [0.1, 0.15) is 18.5 Å². The lowest BCUT2D eigenvalue weighted by atomic mass is 10.1. The number of anilines is 1. The number of nitrogens with zero attached hydrogens (tertiary/aromatic N) is 2. The third kappa shape index (κ3) is 3.41. The maximum atomic E-state index is 13.6. The molecule has 0 amide bonds. The van der Waals surface area contributed by atoms with Crippen LogP contribution in [0.3, 0.4) is 0 Å². The summed E-state index contributed by atoms with van der Waals surface area (Å²) in [5.41, 5.74) is 1.96. The van der Waals surface area contributed by atoms with Gasteiger partial charge in [0, 0.05) is 28.9 Å². The van der Waals surface area contributed by atoms with Crippen molar-refractivity contribution in [3.8, 4) is 11.3 Å². The highest BCUT2D eigenvalue weighted by Gasteiger charge is 2.15. The number of pyridine rings is 2. The van der Waals surface area contributed by atoms with Crippen LogP contribution in [-0.2, 0) is 0 Å². The topological polar surface area (TPSA) is 83.8 Å². The molecule has 136 valence electrons. The molecule has 4 aromatic rings. The number of oxazole rings is 1. The average molecular weight is 385 g/mol. The van der Waals surface area contributed by atoms with Gasteiger partial charge in [0.1, 0.15) is 17.8 Å². The van der Waals surface area contributed by atoms with Crippen LogP contribution in [0.2, 0.25) is 5.02 Å². The van der Waals surface area contributed by atoms with Crippen LogP contribution < -0.4 is 10.9 Å². The second-order valence-corrected chi connectivity index (χ2v) is 6.46. The van der Waals surface area contributed by atoms with Gasteiger partial charge in [-0.3, -0.25) is 9.78 Å². The Hall–Kier alpha value is -3.19. The summed E-state index contributed by atoms with van der Waals surface area (Å²) in [6.45, 7) is 1.80. The fourth-order valence-electron chi connectivity index (χ4n) is 2.79. The third-order valence-corrected chi connectivity index (χ3v) is 4.47. The largest absolute Gasteiger partial charge is 0.432 e. The minimum atomic E-state index is -0.582. The third-order valence-electron chi connectivity index (χ3n) is 4.18. The van der Waals surface area contributed by atoms with Crippen LogP contribution in [0.5, 0.6) is 0 Å². The van der Waals surface area contributed by atoms with Gasteiger partial charge in [-0.15, -0.1) is 0 Å². The molecule has 8 heteroatoms. The molecule has 27 heavy (non-hydrogen) atoms. The van der Waals surface area contributed by atoms with Crippen molar-refractivity contribution in [2.45, 2.75) is 13.0 Å². The molecule has 0 spiro atoms. The van der Waals surface area contributed by atoms with Crippen LogP contribution >= 0.6 is 11.6 Å². The Balaban J connectivity index is 1.62. The number of rotatable bonds is 4. The second kappa shape index (κ2) is 6.85. The van der Waals surface area contributed by atoms with Gasteiger partial charge in [-0.1, -0.05) is 11.6 Å². The number of nitrogens with one attached hydrogen (secondary N) is 2. The Kier molecular flexibility index (Phi) is 4.37. The summed E-state index contributed by atoms with van der Waals surface area (Å²) in [4.78, 5) is 23.5. The van der Waals surface area contributed by atoms with E-state index in [0.29, 0.717) is 22.2 Å². The first-order chi connectivity index (χ1) is 13.0. The van der Waals surface area contributed by atoms with E-state index in [-0.39, 0.29) is 16.6 Å². The highest BCUT2D eigenvalue weighted by Crippen LogP contribution is 2.25. The zero-order valence-electron chi connectivity index (χ0n) is 14.2. The lowest BCUT2D eigenvalue weighted by Crippen LogP contribution is -2.19. The molecular weight excluding hydrogens is 371 g/mol. The van der Waals surface area contributed by atoms with Crippen LogP contribution in [0.4, 0.5) is 10.4 Å². The van der Waals surface area contributed by atoms with Crippen LogP contribution in [0.25, 0.3) is 22.2 Å². The van der Waals surface area contributed by atoms with Gasteiger partial charge in [-0.05, 0) is 37.3 Å². The zero-order chi connectivity index (χ0) is 19.0. The number of H-pyrrole nitrogens is 1. The van der Waals surface area contributed by atoms with E-state index in [1.54, 1.807) is 25.4 Å². The van der Waals surface area contributed by atoms with Crippen LogP contribution in [0, 0.1) is 5.82 Å². The minimum absolute atomic E-state index is 0.00470. The Morgan fingerprint density at radius 1 is 1.33 bits per heavy atom. The standard InChI is InChI=1S/C19H14ClFN4O2/c1-10(23-19-25-17(9-27-19)11-3-2-4-22-8-11)13-5-12-6-14(20)15(21)7-16(12)24-18(13)26/h2-10H,1H3,(H,23,25)(H,24,26). The highest BCUT2D eigenvalue weighted by molar-refractivity contribution is 6.31. The van der Waals surface area contributed by atoms with Crippen molar-refractivity contribution in [1.29, 1.82) is 0 Å². The maximum Gasteiger partial charge on any atom is 0.295 e. The molecule has 3 heterocycles. The number of halogens is 2. The van der Waals surface area contributed by atoms with E-state index in [9.17, 15) is 9.18 Å². The molecule has 6 nitrogen and oxygen atoms in total. The van der Waals surface area contributed by atoms with E-state index < -0.39 is 11.9 Å². The quantitative estimate of drug-likeness (QED) is 0.539. The average Bonchev–Trinajstić information content (AvgIpc) is 3.12. The lowest BCUT2D eigenvalue weighted by Gasteiger charge is -2.12. The van der Waals surface area contributed by atoms with E-state index in [0.717, 1.165) is 5.56 Å². The minimum Gasteiger partial charge on any atom is -0.432 e. The molecule has 0 saturated heterocycles. The molecule has 0 radical (unpaired) electrons. The molecule has 0 bridgehead atoms. The van der Waals surface area contributed by atoms with E-state index >= 15 is 0 Å². The van der Waals surface area contributed by atoms with E-state index in [1.165, 1.54) is 18.4 Å². The maximum absolute atomic E-state index is 13.6. The van der Waals surface area contributed by atoms with E-state index in [1.807, 2.05) is 12.1 Å². The number of fused-ring (bicyclic) bond motifs is 1. The summed E-state index contributed by atoms with van der Waals surface area (Å²) in [6.07, 6.45) is 4.87. The highest BCUT2D eigenvalue weighted by atomic mass is 35.5. The zero-order valence-corrected chi connectivity index (χ0v) is 14.9. The van der Waals surface area contributed by atoms with Crippen molar-refractivity contribution in [1.82, 2.24) is 15.0 Å². The molecule has 0 fully saturated rings. The summed E-state index contributed by atoms with van der Waals surface area (Å²) in [5.74, 6) is -0.582. The van der Waals surface area contributed by atoms with Gasteiger partial charge < -0.3 is 14.7 Å². The van der Waals surface area contributed by atoms with Crippen LogP contribution in [-0.4, -0.2) is 15.0 Å². The van der Waals surface area contributed by atoms with Crippen LogP contribution in [0.15, 0.2) is 58.2 Å². The van der Waals surface area contributed by atoms with Crippen molar-refractivity contribution in [3.05, 3.63) is 75.7 Å². The van der Waals surface area contributed by atoms with Gasteiger partial charge in [0.2, 0.25) is 0 Å². The number of hydrogen-bond acceptors (Lipinski definition) is 5. The van der Waals surface area contributed by atoms with Gasteiger partial charge in [0.15, 0.2) is 0 Å². The normalized spacial score (nSPS) is 12.3. The van der Waals surface area contributed by atoms with Gasteiger partial charge in [-0.2, -0.15) is 4.98 Å². The molecule has 0 aliphatic carbocycles. The van der Waals surface area contributed by atoms with Gasteiger partial charge >= 0.3 is 0 Å². The Bertz CT molecular complexity index is 1170. The molecule has 2 N–H and O–H groups in total. The smallest absolute Gasteiger partial charge is 0.295 e. The molecule has 3 aromatic heterocycles. The first kappa shape index (κ1) is 17.2. The number of benzene rings is 1. The van der Waals surface area contributed by atoms with Gasteiger partial charge in [0.25, 0.3) is 11.6 Å². The molecule has 1 unspecified atom stereocenters. The SMILES string of the molecule is CC(Nc1nc(-c2cccnc2)co1)c1cc2cc(Cl)c(F)cc2[nH]c1=O. The monoisotopic (exact) mass is 384 g/mol. The predicted molar refractivity (Wildman–Crippen MR) is 101 cm³/mol. The van der Waals surface area contributed by atoms with E-state index in [2.05, 4.69) is 20.3 Å². The number of hydrogen-bond donors (Lipinski definition) is 2. The molecule has 4 rings (SSSR count). The van der Waals surface area contributed by atoms with Crippen molar-refractivity contribution in [2.24, 2.45) is 0 Å². The summed E-state index contributed by atoms with van der Waals surface area (Å²) in [5, 5.41) is 3.68. The second-order valence-electron chi connectivity index (χ2n) is 6.05. The van der Waals surface area contributed by atoms with Gasteiger partial charge in [0.05, 0.1) is 16.6 Å². The Labute approximate surface area is 158 Å². The summed E-state index contributed by atoms with van der Waals surface area (Å²) in [6, 6.07) is 7.90. The van der Waals surface area contributed by atoms with Crippen molar-refractivity contribution >= 4 is 28.5 Å². The van der Waals surface area contributed by atoms with Crippen molar-refractivity contribution in [2.75, 3.05) is 5.32 Å². The first-order valence-corrected chi connectivity index (χ1v) is 8.53. The fourth-order valence-corrected chi connectivity index (χ4v) is 2.96. The summed E-state index contributed by atoms with van der Waals surface area (Å²) < 4.78 is 19.0.